The van der Waals surface area contributed by atoms with Crippen LogP contribution in [0.3, 0.4) is 0 Å². The first kappa shape index (κ1) is 14.0. The zero-order valence-corrected chi connectivity index (χ0v) is 12.0. The van der Waals surface area contributed by atoms with Crippen molar-refractivity contribution in [3.05, 3.63) is 71.8 Å². The minimum absolute atomic E-state index is 0.0618. The van der Waals surface area contributed by atoms with Crippen LogP contribution in [0.1, 0.15) is 22.3 Å². The highest BCUT2D eigenvalue weighted by atomic mass is 79.9. The molecular formula is C16H15BrO2. The number of halogens is 1. The molecule has 0 amide bonds. The first-order valence-corrected chi connectivity index (χ1v) is 7.20. The molecule has 0 heterocycles. The molecule has 0 aliphatic heterocycles. The molecule has 1 N–H and O–H groups in total. The Morgan fingerprint density at radius 3 is 2.05 bits per heavy atom. The van der Waals surface area contributed by atoms with Gasteiger partial charge >= 0.3 is 0 Å². The van der Waals surface area contributed by atoms with Gasteiger partial charge in [-0.15, -0.1) is 0 Å². The topological polar surface area (TPSA) is 37.3 Å². The third kappa shape index (κ3) is 3.31. The Balaban J connectivity index is 2.22. The normalized spacial score (nSPS) is 13.8. The van der Waals surface area contributed by atoms with E-state index in [1.165, 1.54) is 0 Å². The highest BCUT2D eigenvalue weighted by Crippen LogP contribution is 2.28. The van der Waals surface area contributed by atoms with Crippen molar-refractivity contribution in [3.63, 3.8) is 0 Å². The Kier molecular flexibility index (Phi) is 4.51. The van der Waals surface area contributed by atoms with Crippen molar-refractivity contribution < 1.29 is 9.90 Å². The Morgan fingerprint density at radius 1 is 1.00 bits per heavy atom. The fourth-order valence-electron chi connectivity index (χ4n) is 1.97. The second-order valence-corrected chi connectivity index (χ2v) is 5.06. The number of carbonyl (C=O) groups excluding carboxylic acids is 1. The summed E-state index contributed by atoms with van der Waals surface area (Å²) in [6, 6.07) is 18.3. The largest absolute Gasteiger partial charge is 0.384 e. The standard InChI is InChI=1S/C16H15BrO2/c17-12-16(19,14-9-5-2-6-10-14)11-15(18)13-7-3-1-4-8-13/h1-10,19H,11-12H2. The maximum atomic E-state index is 12.2. The van der Waals surface area contributed by atoms with E-state index in [1.807, 2.05) is 48.5 Å². The molecule has 2 nitrogen and oxygen atoms in total. The molecule has 0 fully saturated rings. The van der Waals surface area contributed by atoms with Gasteiger partial charge in [0.25, 0.3) is 0 Å². The lowest BCUT2D eigenvalue weighted by atomic mass is 9.89. The maximum Gasteiger partial charge on any atom is 0.166 e. The van der Waals surface area contributed by atoms with Crippen molar-refractivity contribution in [2.75, 3.05) is 5.33 Å². The zero-order valence-electron chi connectivity index (χ0n) is 10.4. The van der Waals surface area contributed by atoms with Crippen LogP contribution in [0.2, 0.25) is 0 Å². The number of hydrogen-bond donors (Lipinski definition) is 1. The molecule has 98 valence electrons. The predicted molar refractivity (Wildman–Crippen MR) is 79.5 cm³/mol. The van der Waals surface area contributed by atoms with Crippen molar-refractivity contribution >= 4 is 21.7 Å². The quantitative estimate of drug-likeness (QED) is 0.676. The van der Waals surface area contributed by atoms with Gasteiger partial charge in [-0.25, -0.2) is 0 Å². The molecule has 0 spiro atoms. The van der Waals surface area contributed by atoms with Crippen LogP contribution >= 0.6 is 15.9 Å². The molecule has 2 aromatic carbocycles. The van der Waals surface area contributed by atoms with Crippen LogP contribution in [0.15, 0.2) is 60.7 Å². The van der Waals surface area contributed by atoms with Gasteiger partial charge in [0.2, 0.25) is 0 Å². The SMILES string of the molecule is O=C(CC(O)(CBr)c1ccccc1)c1ccccc1. The number of benzene rings is 2. The molecule has 1 unspecified atom stereocenters. The van der Waals surface area contributed by atoms with Gasteiger partial charge in [0.15, 0.2) is 5.78 Å². The second kappa shape index (κ2) is 6.13. The summed E-state index contributed by atoms with van der Waals surface area (Å²) in [6.45, 7) is 0. The lowest BCUT2D eigenvalue weighted by Gasteiger charge is -2.25. The molecule has 0 bridgehead atoms. The number of hydrogen-bond acceptors (Lipinski definition) is 2. The summed E-state index contributed by atoms with van der Waals surface area (Å²) in [5.74, 6) is -0.0635. The Bertz CT molecular complexity index is 539. The monoisotopic (exact) mass is 318 g/mol. The second-order valence-electron chi connectivity index (χ2n) is 4.50. The van der Waals surface area contributed by atoms with Crippen molar-refractivity contribution in [1.29, 1.82) is 0 Å². The number of rotatable bonds is 5. The molecule has 0 aliphatic carbocycles. The molecule has 0 saturated heterocycles. The summed E-state index contributed by atoms with van der Waals surface area (Å²) >= 11 is 3.31. The molecule has 0 radical (unpaired) electrons. The highest BCUT2D eigenvalue weighted by Gasteiger charge is 2.31. The summed E-state index contributed by atoms with van der Waals surface area (Å²) in [4.78, 5) is 12.2. The molecule has 1 atom stereocenters. The average molecular weight is 319 g/mol. The van der Waals surface area contributed by atoms with E-state index >= 15 is 0 Å². The first-order valence-electron chi connectivity index (χ1n) is 6.08. The van der Waals surface area contributed by atoms with Crippen LogP contribution in [0.4, 0.5) is 0 Å². The lowest BCUT2D eigenvalue weighted by molar-refractivity contribution is 0.0477. The van der Waals surface area contributed by atoms with Crippen LogP contribution in [0.25, 0.3) is 0 Å². The molecular weight excluding hydrogens is 304 g/mol. The molecule has 2 aromatic rings. The van der Waals surface area contributed by atoms with E-state index in [0.29, 0.717) is 10.9 Å². The van der Waals surface area contributed by atoms with E-state index in [1.54, 1.807) is 12.1 Å². The third-order valence-electron chi connectivity index (χ3n) is 3.08. The van der Waals surface area contributed by atoms with E-state index in [-0.39, 0.29) is 12.2 Å². The minimum Gasteiger partial charge on any atom is -0.384 e. The number of aliphatic hydroxyl groups is 1. The van der Waals surface area contributed by atoms with Crippen LogP contribution in [0.5, 0.6) is 0 Å². The van der Waals surface area contributed by atoms with Gasteiger partial charge in [0.05, 0.1) is 0 Å². The Hall–Kier alpha value is -1.45. The fourth-order valence-corrected chi connectivity index (χ4v) is 2.49. The third-order valence-corrected chi connectivity index (χ3v) is 4.01. The summed E-state index contributed by atoms with van der Waals surface area (Å²) in [5.41, 5.74) is 0.197. The molecule has 0 aliphatic rings. The van der Waals surface area contributed by atoms with Gasteiger partial charge in [0.1, 0.15) is 5.60 Å². The molecule has 0 saturated carbocycles. The van der Waals surface area contributed by atoms with Gasteiger partial charge in [-0.1, -0.05) is 76.6 Å². The summed E-state index contributed by atoms with van der Waals surface area (Å²) in [6.07, 6.45) is 0.0618. The summed E-state index contributed by atoms with van der Waals surface area (Å²) in [7, 11) is 0. The molecule has 3 heteroatoms. The van der Waals surface area contributed by atoms with E-state index in [4.69, 9.17) is 0 Å². The van der Waals surface area contributed by atoms with Gasteiger partial charge in [0, 0.05) is 17.3 Å². The number of carbonyl (C=O) groups is 1. The smallest absolute Gasteiger partial charge is 0.166 e. The summed E-state index contributed by atoms with van der Waals surface area (Å²) < 4.78 is 0. The van der Waals surface area contributed by atoms with Crippen molar-refractivity contribution in [2.45, 2.75) is 12.0 Å². The van der Waals surface area contributed by atoms with Gasteiger partial charge in [-0.05, 0) is 5.56 Å². The maximum absolute atomic E-state index is 12.2. The average Bonchev–Trinajstić information content (AvgIpc) is 2.49. The zero-order chi connectivity index (χ0) is 13.7. The van der Waals surface area contributed by atoms with Gasteiger partial charge in [-0.3, -0.25) is 4.79 Å². The van der Waals surface area contributed by atoms with Crippen LogP contribution in [-0.4, -0.2) is 16.2 Å². The lowest BCUT2D eigenvalue weighted by Crippen LogP contribution is -2.30. The number of Topliss-reactive ketones (excluding diaryl/α,β-unsaturated/α-hetero) is 1. The van der Waals surface area contributed by atoms with E-state index < -0.39 is 5.60 Å². The minimum atomic E-state index is -1.17. The van der Waals surface area contributed by atoms with Gasteiger partial charge in [-0.2, -0.15) is 0 Å². The van der Waals surface area contributed by atoms with Gasteiger partial charge < -0.3 is 5.11 Å². The number of ketones is 1. The van der Waals surface area contributed by atoms with Crippen molar-refractivity contribution in [2.24, 2.45) is 0 Å². The molecule has 19 heavy (non-hydrogen) atoms. The Labute approximate surface area is 121 Å². The van der Waals surface area contributed by atoms with E-state index in [2.05, 4.69) is 15.9 Å². The van der Waals surface area contributed by atoms with Crippen molar-refractivity contribution in [1.82, 2.24) is 0 Å². The highest BCUT2D eigenvalue weighted by molar-refractivity contribution is 9.09. The molecule has 2 rings (SSSR count). The number of alkyl halides is 1. The van der Waals surface area contributed by atoms with Crippen LogP contribution in [-0.2, 0) is 5.60 Å². The Morgan fingerprint density at radius 2 is 1.53 bits per heavy atom. The van der Waals surface area contributed by atoms with E-state index in [0.717, 1.165) is 5.56 Å². The van der Waals surface area contributed by atoms with E-state index in [9.17, 15) is 9.90 Å². The van der Waals surface area contributed by atoms with Crippen molar-refractivity contribution in [3.8, 4) is 0 Å². The van der Waals surface area contributed by atoms with Crippen LogP contribution < -0.4 is 0 Å². The fraction of sp³-hybridized carbons (Fsp3) is 0.188. The van der Waals surface area contributed by atoms with Crippen LogP contribution in [0, 0.1) is 0 Å². The predicted octanol–water partition coefficient (Wildman–Crippen LogP) is 3.54. The first-order chi connectivity index (χ1) is 9.15. The summed E-state index contributed by atoms with van der Waals surface area (Å²) in [5, 5.41) is 11.0. The molecule has 0 aromatic heterocycles.